The van der Waals surface area contributed by atoms with Crippen molar-refractivity contribution in [3.63, 3.8) is 0 Å². The molecular weight excluding hydrogens is 436 g/mol. The van der Waals surface area contributed by atoms with Gasteiger partial charge in [-0.2, -0.15) is 0 Å². The van der Waals surface area contributed by atoms with E-state index in [9.17, 15) is 9.59 Å². The van der Waals surface area contributed by atoms with Gasteiger partial charge >= 0.3 is 0 Å². The van der Waals surface area contributed by atoms with Crippen LogP contribution in [0.3, 0.4) is 0 Å². The average molecular weight is 467 g/mol. The van der Waals surface area contributed by atoms with Gasteiger partial charge in [-0.25, -0.2) is 0 Å². The first-order valence-electron chi connectivity index (χ1n) is 11.2. The monoisotopic (exact) mass is 466 g/mol. The molecule has 0 atom stereocenters. The van der Waals surface area contributed by atoms with Crippen molar-refractivity contribution in [3.05, 3.63) is 53.7 Å². The number of H-pyrrole nitrogens is 1. The van der Waals surface area contributed by atoms with Gasteiger partial charge in [-0.15, -0.1) is 0 Å². The molecule has 180 valence electrons. The van der Waals surface area contributed by atoms with E-state index < -0.39 is 0 Å². The van der Waals surface area contributed by atoms with Crippen molar-refractivity contribution >= 4 is 22.7 Å². The lowest BCUT2D eigenvalue weighted by Gasteiger charge is -2.34. The Morgan fingerprint density at radius 3 is 2.24 bits per heavy atom. The first-order valence-corrected chi connectivity index (χ1v) is 11.2. The predicted octanol–water partition coefficient (Wildman–Crippen LogP) is 2.27. The smallest absolute Gasteiger partial charge is 0.270 e. The topological polar surface area (TPSA) is 96.1 Å². The molecule has 4 rings (SSSR count). The van der Waals surface area contributed by atoms with E-state index in [1.807, 2.05) is 47.4 Å². The number of carbonyl (C=O) groups is 2. The maximum absolute atomic E-state index is 12.9. The van der Waals surface area contributed by atoms with Gasteiger partial charge in [0.25, 0.3) is 5.91 Å². The fourth-order valence-electron chi connectivity index (χ4n) is 4.17. The molecule has 1 aliphatic heterocycles. The molecule has 0 radical (unpaired) electrons. The van der Waals surface area contributed by atoms with Crippen LogP contribution in [-0.4, -0.2) is 80.7 Å². The molecular formula is C25H30N4O5. The van der Waals surface area contributed by atoms with Crippen LogP contribution >= 0.6 is 0 Å². The fraction of sp³-hybridized carbons (Fsp3) is 0.360. The van der Waals surface area contributed by atoms with E-state index in [0.717, 1.165) is 16.5 Å². The van der Waals surface area contributed by atoms with Gasteiger partial charge < -0.3 is 29.4 Å². The van der Waals surface area contributed by atoms with Gasteiger partial charge in [-0.3, -0.25) is 14.5 Å². The molecule has 0 unspecified atom stereocenters. The molecule has 9 heteroatoms. The number of para-hydroxylation sites is 1. The Morgan fingerprint density at radius 1 is 0.941 bits per heavy atom. The summed E-state index contributed by atoms with van der Waals surface area (Å²) in [6.45, 7) is 3.06. The lowest BCUT2D eigenvalue weighted by molar-refractivity contribution is -0.122. The summed E-state index contributed by atoms with van der Waals surface area (Å²) in [4.78, 5) is 32.5. The number of rotatable bonds is 8. The first kappa shape index (κ1) is 23.4. The summed E-state index contributed by atoms with van der Waals surface area (Å²) in [6, 6.07) is 13.4. The number of hydrogen-bond donors (Lipinski definition) is 2. The summed E-state index contributed by atoms with van der Waals surface area (Å²) in [6.07, 6.45) is 0. The van der Waals surface area contributed by atoms with Crippen LogP contribution in [0.1, 0.15) is 16.1 Å². The molecule has 1 aromatic heterocycles. The van der Waals surface area contributed by atoms with E-state index in [2.05, 4.69) is 15.2 Å². The van der Waals surface area contributed by atoms with E-state index >= 15 is 0 Å². The lowest BCUT2D eigenvalue weighted by atomic mass is 10.1. The zero-order valence-corrected chi connectivity index (χ0v) is 19.7. The summed E-state index contributed by atoms with van der Waals surface area (Å²) in [7, 11) is 4.67. The van der Waals surface area contributed by atoms with Crippen LogP contribution in [0.15, 0.2) is 42.5 Å². The molecule has 0 spiro atoms. The number of ether oxygens (including phenoxy) is 3. The van der Waals surface area contributed by atoms with Gasteiger partial charge in [0.15, 0.2) is 11.5 Å². The van der Waals surface area contributed by atoms with Gasteiger partial charge in [-0.1, -0.05) is 18.2 Å². The Morgan fingerprint density at radius 2 is 1.62 bits per heavy atom. The van der Waals surface area contributed by atoms with Crippen molar-refractivity contribution in [3.8, 4) is 17.2 Å². The summed E-state index contributed by atoms with van der Waals surface area (Å²) in [5.74, 6) is 1.51. The van der Waals surface area contributed by atoms with E-state index in [4.69, 9.17) is 14.2 Å². The molecule has 1 fully saturated rings. The number of piperazine rings is 1. The number of aromatic nitrogens is 1. The zero-order chi connectivity index (χ0) is 24.1. The summed E-state index contributed by atoms with van der Waals surface area (Å²) in [5.41, 5.74) is 2.39. The normalized spacial score (nSPS) is 14.1. The Kier molecular flexibility index (Phi) is 7.22. The highest BCUT2D eigenvalue weighted by Crippen LogP contribution is 2.38. The molecule has 0 aliphatic carbocycles. The third-order valence-corrected chi connectivity index (χ3v) is 6.00. The lowest BCUT2D eigenvalue weighted by Crippen LogP contribution is -2.51. The number of amides is 2. The first-order chi connectivity index (χ1) is 16.5. The number of fused-ring (bicyclic) bond motifs is 1. The molecule has 0 saturated carbocycles. The van der Waals surface area contributed by atoms with Crippen LogP contribution in [0, 0.1) is 0 Å². The molecule has 3 aromatic rings. The number of hydrogen-bond acceptors (Lipinski definition) is 6. The highest BCUT2D eigenvalue weighted by atomic mass is 16.5. The third kappa shape index (κ3) is 5.09. The minimum absolute atomic E-state index is 0.0114. The van der Waals surface area contributed by atoms with Crippen LogP contribution in [0.4, 0.5) is 0 Å². The van der Waals surface area contributed by atoms with Crippen LogP contribution in [0.25, 0.3) is 10.9 Å². The van der Waals surface area contributed by atoms with Crippen molar-refractivity contribution in [1.82, 2.24) is 20.1 Å². The minimum Gasteiger partial charge on any atom is -0.493 e. The molecule has 34 heavy (non-hydrogen) atoms. The zero-order valence-electron chi connectivity index (χ0n) is 19.7. The van der Waals surface area contributed by atoms with E-state index in [1.54, 1.807) is 21.3 Å². The molecule has 2 aromatic carbocycles. The van der Waals surface area contributed by atoms with Crippen molar-refractivity contribution < 1.29 is 23.8 Å². The number of nitrogens with zero attached hydrogens (tertiary/aromatic N) is 2. The summed E-state index contributed by atoms with van der Waals surface area (Å²) in [5, 5.41) is 3.96. The molecule has 9 nitrogen and oxygen atoms in total. The van der Waals surface area contributed by atoms with Crippen LogP contribution < -0.4 is 19.5 Å². The van der Waals surface area contributed by atoms with Crippen LogP contribution in [-0.2, 0) is 11.3 Å². The molecule has 2 amide bonds. The average Bonchev–Trinajstić information content (AvgIpc) is 3.31. The Bertz CT molecular complexity index is 1110. The van der Waals surface area contributed by atoms with Gasteiger partial charge in [0, 0.05) is 43.6 Å². The van der Waals surface area contributed by atoms with E-state index in [0.29, 0.717) is 55.7 Å². The second kappa shape index (κ2) is 10.5. The van der Waals surface area contributed by atoms with Crippen molar-refractivity contribution in [2.75, 3.05) is 54.1 Å². The van der Waals surface area contributed by atoms with Crippen molar-refractivity contribution in [1.29, 1.82) is 0 Å². The number of benzene rings is 2. The van der Waals surface area contributed by atoms with Crippen molar-refractivity contribution in [2.45, 2.75) is 6.54 Å². The quantitative estimate of drug-likeness (QED) is 0.529. The second-order valence-corrected chi connectivity index (χ2v) is 8.15. The maximum Gasteiger partial charge on any atom is 0.270 e. The van der Waals surface area contributed by atoms with Gasteiger partial charge in [0.1, 0.15) is 5.69 Å². The van der Waals surface area contributed by atoms with E-state index in [-0.39, 0.29) is 18.4 Å². The Balaban J connectivity index is 1.27. The van der Waals surface area contributed by atoms with Gasteiger partial charge in [0.05, 0.1) is 27.9 Å². The fourth-order valence-corrected chi connectivity index (χ4v) is 4.17. The highest BCUT2D eigenvalue weighted by molar-refractivity contribution is 5.98. The van der Waals surface area contributed by atoms with E-state index in [1.165, 1.54) is 0 Å². The molecule has 2 heterocycles. The number of aromatic amines is 1. The Hall–Kier alpha value is -3.72. The highest BCUT2D eigenvalue weighted by Gasteiger charge is 2.24. The van der Waals surface area contributed by atoms with Crippen molar-refractivity contribution in [2.24, 2.45) is 0 Å². The minimum atomic E-state index is -0.0795. The Labute approximate surface area is 198 Å². The summed E-state index contributed by atoms with van der Waals surface area (Å²) < 4.78 is 16.1. The molecule has 0 bridgehead atoms. The number of nitrogens with one attached hydrogen (secondary N) is 2. The molecule has 1 saturated heterocycles. The maximum atomic E-state index is 12.9. The number of methoxy groups -OCH3 is 3. The number of carbonyl (C=O) groups excluding carboxylic acids is 2. The molecule has 2 N–H and O–H groups in total. The largest absolute Gasteiger partial charge is 0.493 e. The van der Waals surface area contributed by atoms with Crippen LogP contribution in [0.5, 0.6) is 17.2 Å². The van der Waals surface area contributed by atoms with Gasteiger partial charge in [-0.05, 0) is 29.8 Å². The second-order valence-electron chi connectivity index (χ2n) is 8.15. The predicted molar refractivity (Wildman–Crippen MR) is 129 cm³/mol. The summed E-state index contributed by atoms with van der Waals surface area (Å²) >= 11 is 0. The SMILES string of the molecule is COc1cc(CNC(=O)CN2CCN(C(=O)c3cc4ccccc4[nH]3)CC2)cc(OC)c1OC. The standard InChI is InChI=1S/C25H30N4O5/c1-32-21-12-17(13-22(33-2)24(21)34-3)15-26-23(30)16-28-8-10-29(11-9-28)25(31)20-14-18-6-4-5-7-19(18)27-20/h4-7,12-14,27H,8-11,15-16H2,1-3H3,(H,26,30). The molecule has 1 aliphatic rings. The van der Waals surface area contributed by atoms with Gasteiger partial charge in [0.2, 0.25) is 11.7 Å². The third-order valence-electron chi connectivity index (χ3n) is 6.00. The van der Waals surface area contributed by atoms with Crippen LogP contribution in [0.2, 0.25) is 0 Å².